The Morgan fingerprint density at radius 2 is 2.29 bits per heavy atom. The third-order valence-corrected chi connectivity index (χ3v) is 2.62. The summed E-state index contributed by atoms with van der Waals surface area (Å²) in [6.07, 6.45) is 1.33. The molecular formula is C11H20N2O4. The van der Waals surface area contributed by atoms with Gasteiger partial charge in [-0.2, -0.15) is 0 Å². The summed E-state index contributed by atoms with van der Waals surface area (Å²) in [5.41, 5.74) is 0. The van der Waals surface area contributed by atoms with Gasteiger partial charge in [0.15, 0.2) is 6.10 Å². The highest BCUT2D eigenvalue weighted by atomic mass is 16.6. The van der Waals surface area contributed by atoms with Crippen molar-refractivity contribution >= 4 is 12.0 Å². The van der Waals surface area contributed by atoms with Crippen LogP contribution >= 0.6 is 0 Å². The summed E-state index contributed by atoms with van der Waals surface area (Å²) in [5, 5.41) is 2.81. The lowest BCUT2D eigenvalue weighted by Crippen LogP contribution is -2.52. The molecule has 6 nitrogen and oxygen atoms in total. The molecule has 0 aromatic rings. The van der Waals surface area contributed by atoms with E-state index in [1.54, 1.807) is 4.90 Å². The molecule has 0 aromatic carbocycles. The number of ether oxygens (including phenoxy) is 2. The smallest absolute Gasteiger partial charge is 0.336 e. The van der Waals surface area contributed by atoms with Crippen LogP contribution in [0.15, 0.2) is 0 Å². The number of hydrogen-bond donors (Lipinski definition) is 1. The average molecular weight is 244 g/mol. The SMILES string of the molecule is CCCCNC(=O)N1CCOC(C(=O)OC)C1. The zero-order chi connectivity index (χ0) is 12.7. The van der Waals surface area contributed by atoms with Gasteiger partial charge in [0.25, 0.3) is 0 Å². The summed E-state index contributed by atoms with van der Waals surface area (Å²) >= 11 is 0. The fourth-order valence-electron chi connectivity index (χ4n) is 1.59. The number of rotatable bonds is 4. The molecular weight excluding hydrogens is 224 g/mol. The molecule has 0 bridgehead atoms. The topological polar surface area (TPSA) is 67.9 Å². The van der Waals surface area contributed by atoms with Crippen LogP contribution in [0.25, 0.3) is 0 Å². The van der Waals surface area contributed by atoms with Crippen molar-refractivity contribution in [1.29, 1.82) is 0 Å². The Balaban J connectivity index is 2.37. The van der Waals surface area contributed by atoms with Gasteiger partial charge in [-0.1, -0.05) is 13.3 Å². The van der Waals surface area contributed by atoms with Gasteiger partial charge < -0.3 is 19.7 Å². The van der Waals surface area contributed by atoms with E-state index in [4.69, 9.17) is 4.74 Å². The Morgan fingerprint density at radius 3 is 2.94 bits per heavy atom. The van der Waals surface area contributed by atoms with Crippen molar-refractivity contribution < 1.29 is 19.1 Å². The van der Waals surface area contributed by atoms with Gasteiger partial charge >= 0.3 is 12.0 Å². The summed E-state index contributed by atoms with van der Waals surface area (Å²) < 4.78 is 9.83. The molecule has 1 N–H and O–H groups in total. The van der Waals surface area contributed by atoms with E-state index in [0.717, 1.165) is 12.8 Å². The Labute approximate surface area is 101 Å². The number of nitrogens with zero attached hydrogens (tertiary/aromatic N) is 1. The predicted molar refractivity (Wildman–Crippen MR) is 61.6 cm³/mol. The summed E-state index contributed by atoms with van der Waals surface area (Å²) in [4.78, 5) is 24.6. The highest BCUT2D eigenvalue weighted by Crippen LogP contribution is 2.06. The van der Waals surface area contributed by atoms with E-state index in [1.165, 1.54) is 7.11 Å². The number of hydrogen-bond acceptors (Lipinski definition) is 4. The molecule has 98 valence electrons. The molecule has 1 rings (SSSR count). The van der Waals surface area contributed by atoms with E-state index < -0.39 is 12.1 Å². The van der Waals surface area contributed by atoms with Crippen molar-refractivity contribution in [3.05, 3.63) is 0 Å². The maximum atomic E-state index is 11.7. The molecule has 6 heteroatoms. The third-order valence-electron chi connectivity index (χ3n) is 2.62. The lowest BCUT2D eigenvalue weighted by Gasteiger charge is -2.31. The van der Waals surface area contributed by atoms with Gasteiger partial charge in [-0.15, -0.1) is 0 Å². The Hall–Kier alpha value is -1.30. The van der Waals surface area contributed by atoms with E-state index in [1.807, 2.05) is 0 Å². The third kappa shape index (κ3) is 4.22. The molecule has 1 unspecified atom stereocenters. The molecule has 1 aliphatic heterocycles. The molecule has 17 heavy (non-hydrogen) atoms. The zero-order valence-corrected chi connectivity index (χ0v) is 10.4. The number of carbonyl (C=O) groups is 2. The number of morpholine rings is 1. The van der Waals surface area contributed by atoms with E-state index >= 15 is 0 Å². The summed E-state index contributed by atoms with van der Waals surface area (Å²) in [5.74, 6) is -0.434. The quantitative estimate of drug-likeness (QED) is 0.573. The van der Waals surface area contributed by atoms with E-state index in [0.29, 0.717) is 19.7 Å². The molecule has 1 atom stereocenters. The van der Waals surface area contributed by atoms with Crippen LogP contribution < -0.4 is 5.32 Å². The molecule has 2 amide bonds. The van der Waals surface area contributed by atoms with Gasteiger partial charge in [0.1, 0.15) is 0 Å². The van der Waals surface area contributed by atoms with Crippen molar-refractivity contribution in [3.63, 3.8) is 0 Å². The second-order valence-electron chi connectivity index (χ2n) is 3.91. The highest BCUT2D eigenvalue weighted by molar-refractivity contribution is 5.78. The number of urea groups is 1. The Bertz CT molecular complexity index is 270. The summed E-state index contributed by atoms with van der Waals surface area (Å²) in [6.45, 7) is 3.85. The van der Waals surface area contributed by atoms with Crippen LogP contribution in [-0.4, -0.2) is 56.4 Å². The maximum absolute atomic E-state index is 11.7. The average Bonchev–Trinajstić information content (AvgIpc) is 2.38. The first-order valence-corrected chi connectivity index (χ1v) is 5.91. The minimum absolute atomic E-state index is 0.143. The van der Waals surface area contributed by atoms with Crippen LogP contribution in [0.1, 0.15) is 19.8 Å². The second-order valence-corrected chi connectivity index (χ2v) is 3.91. The zero-order valence-electron chi connectivity index (χ0n) is 10.4. The minimum Gasteiger partial charge on any atom is -0.467 e. The normalized spacial score (nSPS) is 19.9. The molecule has 1 heterocycles. The first-order chi connectivity index (χ1) is 8.19. The molecule has 1 aliphatic rings. The minimum atomic E-state index is -0.661. The molecule has 0 radical (unpaired) electrons. The van der Waals surface area contributed by atoms with Crippen molar-refractivity contribution in [1.82, 2.24) is 10.2 Å². The molecule has 1 fully saturated rings. The van der Waals surface area contributed by atoms with E-state index in [-0.39, 0.29) is 12.6 Å². The maximum Gasteiger partial charge on any atom is 0.336 e. The van der Waals surface area contributed by atoms with Crippen molar-refractivity contribution in [2.75, 3.05) is 33.4 Å². The van der Waals surface area contributed by atoms with Crippen LogP contribution in [0, 0.1) is 0 Å². The van der Waals surface area contributed by atoms with E-state index in [9.17, 15) is 9.59 Å². The van der Waals surface area contributed by atoms with Gasteiger partial charge in [-0.3, -0.25) is 0 Å². The number of unbranched alkanes of at least 4 members (excludes halogenated alkanes) is 1. The summed E-state index contributed by atoms with van der Waals surface area (Å²) in [7, 11) is 1.31. The van der Waals surface area contributed by atoms with Gasteiger partial charge in [0, 0.05) is 13.1 Å². The van der Waals surface area contributed by atoms with E-state index in [2.05, 4.69) is 17.0 Å². The number of methoxy groups -OCH3 is 1. The van der Waals surface area contributed by atoms with Crippen LogP contribution in [0.5, 0.6) is 0 Å². The van der Waals surface area contributed by atoms with Crippen molar-refractivity contribution in [2.45, 2.75) is 25.9 Å². The standard InChI is InChI=1S/C11H20N2O4/c1-3-4-5-12-11(15)13-6-7-17-9(8-13)10(14)16-2/h9H,3-8H2,1-2H3,(H,12,15). The fraction of sp³-hybridized carbons (Fsp3) is 0.818. The van der Waals surface area contributed by atoms with Crippen LogP contribution in [-0.2, 0) is 14.3 Å². The van der Waals surface area contributed by atoms with Gasteiger partial charge in [0.2, 0.25) is 0 Å². The molecule has 0 saturated carbocycles. The Morgan fingerprint density at radius 1 is 1.53 bits per heavy atom. The van der Waals surface area contributed by atoms with Crippen molar-refractivity contribution in [2.24, 2.45) is 0 Å². The van der Waals surface area contributed by atoms with Crippen molar-refractivity contribution in [3.8, 4) is 0 Å². The Kier molecular flexibility index (Phi) is 5.76. The highest BCUT2D eigenvalue weighted by Gasteiger charge is 2.29. The molecule has 0 spiro atoms. The van der Waals surface area contributed by atoms with Gasteiger partial charge in [0.05, 0.1) is 20.3 Å². The van der Waals surface area contributed by atoms with Gasteiger partial charge in [-0.25, -0.2) is 9.59 Å². The first kappa shape index (κ1) is 13.8. The van der Waals surface area contributed by atoms with Crippen LogP contribution in [0.4, 0.5) is 4.79 Å². The molecule has 0 aromatic heterocycles. The van der Waals surface area contributed by atoms with Crippen LogP contribution in [0.3, 0.4) is 0 Å². The number of nitrogens with one attached hydrogen (secondary N) is 1. The number of amides is 2. The second kappa shape index (κ2) is 7.11. The molecule has 0 aliphatic carbocycles. The summed E-state index contributed by atoms with van der Waals surface area (Å²) in [6, 6.07) is -0.143. The monoisotopic (exact) mass is 244 g/mol. The molecule has 1 saturated heterocycles. The largest absolute Gasteiger partial charge is 0.467 e. The van der Waals surface area contributed by atoms with Gasteiger partial charge in [-0.05, 0) is 6.42 Å². The fourth-order valence-corrected chi connectivity index (χ4v) is 1.59. The first-order valence-electron chi connectivity index (χ1n) is 5.91. The van der Waals surface area contributed by atoms with Crippen LogP contribution in [0.2, 0.25) is 0 Å². The number of esters is 1. The lowest BCUT2D eigenvalue weighted by atomic mass is 10.3. The predicted octanol–water partition coefficient (Wildman–Crippen LogP) is 0.370. The lowest BCUT2D eigenvalue weighted by molar-refractivity contribution is -0.158. The number of carbonyl (C=O) groups excluding carboxylic acids is 2.